The first-order chi connectivity index (χ1) is 12.4. The van der Waals surface area contributed by atoms with Gasteiger partial charge in [-0.3, -0.25) is 4.79 Å². The summed E-state index contributed by atoms with van der Waals surface area (Å²) in [7, 11) is -3.53. The predicted octanol–water partition coefficient (Wildman–Crippen LogP) is 4.16. The maximum Gasteiger partial charge on any atom is 0.255 e. The molecule has 1 heterocycles. The van der Waals surface area contributed by atoms with Crippen molar-refractivity contribution in [3.8, 4) is 0 Å². The Balaban J connectivity index is 1.76. The fourth-order valence-corrected chi connectivity index (χ4v) is 5.00. The van der Waals surface area contributed by atoms with Crippen LogP contribution < -0.4 is 5.32 Å². The van der Waals surface area contributed by atoms with Gasteiger partial charge in [0.1, 0.15) is 0 Å². The van der Waals surface area contributed by atoms with Gasteiger partial charge in [-0.2, -0.15) is 4.31 Å². The summed E-state index contributed by atoms with van der Waals surface area (Å²) in [5.74, 6) is -0.317. The SMILES string of the molecule is CC1CCCCN1S(=O)(=O)c1ccc(C(=O)Nc2cccc(Cl)c2)cc1. The lowest BCUT2D eigenvalue weighted by molar-refractivity contribution is 0.102. The summed E-state index contributed by atoms with van der Waals surface area (Å²) in [6.07, 6.45) is 2.80. The van der Waals surface area contributed by atoms with Crippen molar-refractivity contribution in [1.29, 1.82) is 0 Å². The molecular weight excluding hydrogens is 372 g/mol. The second-order valence-electron chi connectivity index (χ2n) is 6.45. The lowest BCUT2D eigenvalue weighted by atomic mass is 10.1. The van der Waals surface area contributed by atoms with Crippen molar-refractivity contribution in [2.45, 2.75) is 37.1 Å². The van der Waals surface area contributed by atoms with Crippen LogP contribution in [-0.2, 0) is 10.0 Å². The molecule has 1 amide bonds. The van der Waals surface area contributed by atoms with Gasteiger partial charge in [-0.15, -0.1) is 0 Å². The summed E-state index contributed by atoms with van der Waals surface area (Å²) >= 11 is 5.91. The molecule has 1 atom stereocenters. The fraction of sp³-hybridized carbons (Fsp3) is 0.316. The van der Waals surface area contributed by atoms with Crippen molar-refractivity contribution >= 4 is 33.2 Å². The van der Waals surface area contributed by atoms with E-state index in [1.807, 2.05) is 6.92 Å². The molecule has 138 valence electrons. The van der Waals surface area contributed by atoms with Gasteiger partial charge in [0.15, 0.2) is 0 Å². The molecule has 2 aromatic rings. The first-order valence-electron chi connectivity index (χ1n) is 8.57. The smallest absolute Gasteiger partial charge is 0.255 e. The molecule has 2 aromatic carbocycles. The van der Waals surface area contributed by atoms with E-state index in [4.69, 9.17) is 11.6 Å². The van der Waals surface area contributed by atoms with Crippen molar-refractivity contribution in [2.24, 2.45) is 0 Å². The Morgan fingerprint density at radius 1 is 1.15 bits per heavy atom. The van der Waals surface area contributed by atoms with Crippen LogP contribution in [0.25, 0.3) is 0 Å². The minimum absolute atomic E-state index is 0.000413. The van der Waals surface area contributed by atoms with Crippen molar-refractivity contribution in [3.05, 3.63) is 59.1 Å². The number of hydrogen-bond acceptors (Lipinski definition) is 3. The van der Waals surface area contributed by atoms with Gasteiger partial charge in [-0.05, 0) is 62.2 Å². The predicted molar refractivity (Wildman–Crippen MR) is 103 cm³/mol. The van der Waals surface area contributed by atoms with Crippen LogP contribution in [0, 0.1) is 0 Å². The second kappa shape index (κ2) is 7.78. The Morgan fingerprint density at radius 2 is 1.88 bits per heavy atom. The van der Waals surface area contributed by atoms with Crippen molar-refractivity contribution < 1.29 is 13.2 Å². The highest BCUT2D eigenvalue weighted by Gasteiger charge is 2.30. The highest BCUT2D eigenvalue weighted by molar-refractivity contribution is 7.89. The molecule has 7 heteroatoms. The van der Waals surface area contributed by atoms with E-state index in [9.17, 15) is 13.2 Å². The van der Waals surface area contributed by atoms with E-state index in [0.717, 1.165) is 19.3 Å². The molecular formula is C19H21ClN2O3S. The number of hydrogen-bond donors (Lipinski definition) is 1. The van der Waals surface area contributed by atoms with E-state index < -0.39 is 10.0 Å². The molecule has 1 fully saturated rings. The zero-order valence-electron chi connectivity index (χ0n) is 14.5. The number of nitrogens with zero attached hydrogens (tertiary/aromatic N) is 1. The zero-order chi connectivity index (χ0) is 18.7. The Kier molecular flexibility index (Phi) is 5.65. The molecule has 1 aliphatic rings. The van der Waals surface area contributed by atoms with Crippen molar-refractivity contribution in [3.63, 3.8) is 0 Å². The summed E-state index contributed by atoms with van der Waals surface area (Å²) in [5, 5.41) is 3.27. The summed E-state index contributed by atoms with van der Waals surface area (Å²) in [6, 6.07) is 12.9. The molecule has 0 aliphatic carbocycles. The minimum atomic E-state index is -3.53. The van der Waals surface area contributed by atoms with Crippen LogP contribution in [0.3, 0.4) is 0 Å². The number of anilines is 1. The monoisotopic (exact) mass is 392 g/mol. The maximum atomic E-state index is 12.8. The third-order valence-electron chi connectivity index (χ3n) is 4.55. The van der Waals surface area contributed by atoms with Crippen molar-refractivity contribution in [1.82, 2.24) is 4.31 Å². The maximum absolute atomic E-state index is 12.8. The summed E-state index contributed by atoms with van der Waals surface area (Å²) in [6.45, 7) is 2.48. The number of carbonyl (C=O) groups excluding carboxylic acids is 1. The molecule has 3 rings (SSSR count). The quantitative estimate of drug-likeness (QED) is 0.849. The van der Waals surface area contributed by atoms with Crippen LogP contribution in [0.15, 0.2) is 53.4 Å². The van der Waals surface area contributed by atoms with Gasteiger partial charge >= 0.3 is 0 Å². The van der Waals surface area contributed by atoms with Crippen LogP contribution in [0.2, 0.25) is 5.02 Å². The van der Waals surface area contributed by atoms with Crippen LogP contribution in [-0.4, -0.2) is 31.2 Å². The lowest BCUT2D eigenvalue weighted by Crippen LogP contribution is -2.41. The number of carbonyl (C=O) groups is 1. The topological polar surface area (TPSA) is 66.5 Å². The third kappa shape index (κ3) is 4.09. The Hall–Kier alpha value is -1.89. The minimum Gasteiger partial charge on any atom is -0.322 e. The molecule has 0 aromatic heterocycles. The molecule has 5 nitrogen and oxygen atoms in total. The number of nitrogens with one attached hydrogen (secondary N) is 1. The van der Waals surface area contributed by atoms with Gasteiger partial charge in [0.2, 0.25) is 10.0 Å². The van der Waals surface area contributed by atoms with Crippen LogP contribution in [0.1, 0.15) is 36.5 Å². The van der Waals surface area contributed by atoms with E-state index in [1.54, 1.807) is 28.6 Å². The molecule has 1 aliphatic heterocycles. The number of halogens is 1. The highest BCUT2D eigenvalue weighted by atomic mass is 35.5. The van der Waals surface area contributed by atoms with Gasteiger partial charge in [0.25, 0.3) is 5.91 Å². The second-order valence-corrected chi connectivity index (χ2v) is 8.78. The first kappa shape index (κ1) is 18.9. The average Bonchev–Trinajstić information content (AvgIpc) is 2.62. The van der Waals surface area contributed by atoms with Gasteiger partial charge in [0.05, 0.1) is 4.90 Å². The molecule has 0 saturated carbocycles. The third-order valence-corrected chi connectivity index (χ3v) is 6.81. The first-order valence-corrected chi connectivity index (χ1v) is 10.4. The Bertz CT molecular complexity index is 897. The van der Waals surface area contributed by atoms with E-state index in [1.165, 1.54) is 24.3 Å². The molecule has 0 radical (unpaired) electrons. The Morgan fingerprint density at radius 3 is 2.54 bits per heavy atom. The van der Waals surface area contributed by atoms with Gasteiger partial charge in [-0.1, -0.05) is 24.1 Å². The molecule has 1 saturated heterocycles. The van der Waals surface area contributed by atoms with E-state index in [0.29, 0.717) is 22.8 Å². The van der Waals surface area contributed by atoms with E-state index in [-0.39, 0.29) is 16.8 Å². The average molecular weight is 393 g/mol. The Labute approximate surface area is 159 Å². The molecule has 1 N–H and O–H groups in total. The summed E-state index contributed by atoms with van der Waals surface area (Å²) in [5.41, 5.74) is 0.969. The van der Waals surface area contributed by atoms with Crippen molar-refractivity contribution in [2.75, 3.05) is 11.9 Å². The standard InChI is InChI=1S/C19H21ClN2O3S/c1-14-5-2-3-12-22(14)26(24,25)18-10-8-15(9-11-18)19(23)21-17-7-4-6-16(20)13-17/h4,6-11,13-14H,2-3,5,12H2,1H3,(H,21,23). The summed E-state index contributed by atoms with van der Waals surface area (Å²) in [4.78, 5) is 12.5. The van der Waals surface area contributed by atoms with Crippen LogP contribution in [0.5, 0.6) is 0 Å². The normalized spacial score (nSPS) is 18.5. The van der Waals surface area contributed by atoms with Crippen LogP contribution >= 0.6 is 11.6 Å². The van der Waals surface area contributed by atoms with Gasteiger partial charge in [-0.25, -0.2) is 8.42 Å². The zero-order valence-corrected chi connectivity index (χ0v) is 16.1. The lowest BCUT2D eigenvalue weighted by Gasteiger charge is -2.32. The largest absolute Gasteiger partial charge is 0.322 e. The number of piperidine rings is 1. The van der Waals surface area contributed by atoms with Crippen LogP contribution in [0.4, 0.5) is 5.69 Å². The van der Waals surface area contributed by atoms with E-state index >= 15 is 0 Å². The highest BCUT2D eigenvalue weighted by Crippen LogP contribution is 2.25. The number of amides is 1. The van der Waals surface area contributed by atoms with Gasteiger partial charge < -0.3 is 5.32 Å². The number of benzene rings is 2. The summed E-state index contributed by atoms with van der Waals surface area (Å²) < 4.78 is 27.2. The fourth-order valence-electron chi connectivity index (χ4n) is 3.11. The molecule has 0 bridgehead atoms. The van der Waals surface area contributed by atoms with E-state index in [2.05, 4.69) is 5.32 Å². The number of sulfonamides is 1. The number of rotatable bonds is 4. The molecule has 0 spiro atoms. The van der Waals surface area contributed by atoms with Gasteiger partial charge in [0, 0.05) is 28.9 Å². The molecule has 26 heavy (non-hydrogen) atoms. The molecule has 1 unspecified atom stereocenters.